The van der Waals surface area contributed by atoms with E-state index >= 15 is 0 Å². The van der Waals surface area contributed by atoms with E-state index in [1.165, 1.54) is 12.8 Å². The van der Waals surface area contributed by atoms with Crippen LogP contribution in [0.5, 0.6) is 0 Å². The number of anilines is 1. The highest BCUT2D eigenvalue weighted by Gasteiger charge is 2.19. The molecular weight excluding hydrogens is 364 g/mol. The van der Waals surface area contributed by atoms with Crippen LogP contribution in [-0.4, -0.2) is 26.8 Å². The molecule has 2 N–H and O–H groups in total. The molecule has 1 fully saturated rings. The fraction of sp³-hybridized carbons (Fsp3) is 0.538. The molecule has 2 rings (SSSR count). The van der Waals surface area contributed by atoms with Crippen LogP contribution < -0.4 is 10.0 Å². The molecule has 0 amide bonds. The van der Waals surface area contributed by atoms with E-state index in [-0.39, 0.29) is 5.75 Å². The predicted molar refractivity (Wildman–Crippen MR) is 86.8 cm³/mol. The van der Waals surface area contributed by atoms with Crippen LogP contribution in [0.25, 0.3) is 0 Å². The molecule has 0 aromatic heterocycles. The lowest BCUT2D eigenvalue weighted by Gasteiger charge is -2.10. The van der Waals surface area contributed by atoms with Crippen LogP contribution in [-0.2, 0) is 10.0 Å². The van der Waals surface area contributed by atoms with Crippen molar-refractivity contribution in [3.8, 4) is 0 Å². The third-order valence-electron chi connectivity index (χ3n) is 3.04. The van der Waals surface area contributed by atoms with E-state index < -0.39 is 10.0 Å². The van der Waals surface area contributed by atoms with Gasteiger partial charge in [-0.1, -0.05) is 11.6 Å². The molecule has 1 aromatic rings. The maximum atomic E-state index is 12.0. The van der Waals surface area contributed by atoms with Crippen molar-refractivity contribution >= 4 is 43.2 Å². The number of unbranched alkanes of at least 4 members (excludes halogenated alkanes) is 1. The Hall–Kier alpha value is -0.300. The normalized spacial score (nSPS) is 15.3. The van der Waals surface area contributed by atoms with Crippen molar-refractivity contribution in [3.05, 3.63) is 27.7 Å². The molecule has 7 heteroatoms. The van der Waals surface area contributed by atoms with Crippen LogP contribution in [0.15, 0.2) is 22.7 Å². The lowest BCUT2D eigenvalue weighted by atomic mass is 10.3. The predicted octanol–water partition coefficient (Wildman–Crippen LogP) is 3.38. The summed E-state index contributed by atoms with van der Waals surface area (Å²) in [6, 6.07) is 5.69. The molecule has 1 aliphatic rings. The summed E-state index contributed by atoms with van der Waals surface area (Å²) in [5.41, 5.74) is 0.480. The van der Waals surface area contributed by atoms with Gasteiger partial charge in [0.2, 0.25) is 10.0 Å². The van der Waals surface area contributed by atoms with Crippen molar-refractivity contribution < 1.29 is 8.42 Å². The molecule has 0 heterocycles. The number of sulfonamides is 1. The molecule has 0 atom stereocenters. The highest BCUT2D eigenvalue weighted by molar-refractivity contribution is 9.10. The minimum atomic E-state index is -3.33. The van der Waals surface area contributed by atoms with Crippen LogP contribution in [0.3, 0.4) is 0 Å². The van der Waals surface area contributed by atoms with Crippen LogP contribution in [0.4, 0.5) is 5.69 Å². The van der Waals surface area contributed by atoms with E-state index in [4.69, 9.17) is 11.6 Å². The SMILES string of the molecule is O=S(=O)(CCCCNC1CC1)Nc1cc(Cl)ccc1Br. The van der Waals surface area contributed by atoms with Crippen molar-refractivity contribution in [2.24, 2.45) is 0 Å². The molecule has 0 unspecified atom stereocenters. The van der Waals surface area contributed by atoms with Gasteiger partial charge in [-0.25, -0.2) is 8.42 Å². The Morgan fingerprint density at radius 2 is 2.05 bits per heavy atom. The Kier molecular flexibility index (Phi) is 5.72. The van der Waals surface area contributed by atoms with Crippen molar-refractivity contribution in [3.63, 3.8) is 0 Å². The van der Waals surface area contributed by atoms with Crippen molar-refractivity contribution in [2.75, 3.05) is 17.0 Å². The monoisotopic (exact) mass is 380 g/mol. The quantitative estimate of drug-likeness (QED) is 0.679. The molecule has 0 bridgehead atoms. The summed E-state index contributed by atoms with van der Waals surface area (Å²) in [5.74, 6) is 0.123. The summed E-state index contributed by atoms with van der Waals surface area (Å²) in [5, 5.41) is 3.87. The smallest absolute Gasteiger partial charge is 0.232 e. The van der Waals surface area contributed by atoms with Gasteiger partial charge in [-0.3, -0.25) is 4.72 Å². The second kappa shape index (κ2) is 7.11. The van der Waals surface area contributed by atoms with Gasteiger partial charge in [0.25, 0.3) is 0 Å². The molecule has 1 aromatic carbocycles. The van der Waals surface area contributed by atoms with E-state index in [0.29, 0.717) is 27.6 Å². The number of benzene rings is 1. The first kappa shape index (κ1) is 16.1. The van der Waals surface area contributed by atoms with Gasteiger partial charge in [-0.05, 0) is 66.4 Å². The Morgan fingerprint density at radius 1 is 1.30 bits per heavy atom. The second-order valence-corrected chi connectivity index (χ2v) is 8.11. The van der Waals surface area contributed by atoms with E-state index in [0.717, 1.165) is 13.0 Å². The fourth-order valence-corrected chi connectivity index (χ4v) is 3.64. The van der Waals surface area contributed by atoms with E-state index in [9.17, 15) is 8.42 Å². The zero-order chi connectivity index (χ0) is 14.6. The van der Waals surface area contributed by atoms with Crippen LogP contribution in [0, 0.1) is 0 Å². The lowest BCUT2D eigenvalue weighted by molar-refractivity contribution is 0.591. The zero-order valence-corrected chi connectivity index (χ0v) is 14.2. The van der Waals surface area contributed by atoms with Crippen LogP contribution >= 0.6 is 27.5 Å². The molecular formula is C13H18BrClN2O2S. The maximum Gasteiger partial charge on any atom is 0.232 e. The molecule has 20 heavy (non-hydrogen) atoms. The number of nitrogens with one attached hydrogen (secondary N) is 2. The second-order valence-electron chi connectivity index (χ2n) is 4.98. The first-order valence-electron chi connectivity index (χ1n) is 6.65. The minimum absolute atomic E-state index is 0.123. The molecule has 0 aliphatic heterocycles. The van der Waals surface area contributed by atoms with Gasteiger partial charge in [-0.15, -0.1) is 0 Å². The Labute approximate surface area is 133 Å². The summed E-state index contributed by atoms with van der Waals surface area (Å²) in [6.45, 7) is 0.890. The summed E-state index contributed by atoms with van der Waals surface area (Å²) in [4.78, 5) is 0. The van der Waals surface area contributed by atoms with E-state index in [1.54, 1.807) is 18.2 Å². The van der Waals surface area contributed by atoms with Gasteiger partial charge in [0.15, 0.2) is 0 Å². The van der Waals surface area contributed by atoms with E-state index in [1.807, 2.05) is 0 Å². The molecule has 0 spiro atoms. The number of halogens is 2. The number of rotatable bonds is 8. The number of hydrogen-bond acceptors (Lipinski definition) is 3. The van der Waals surface area contributed by atoms with Crippen LogP contribution in [0.2, 0.25) is 5.02 Å². The lowest BCUT2D eigenvalue weighted by Crippen LogP contribution is -2.20. The van der Waals surface area contributed by atoms with Gasteiger partial charge in [0.05, 0.1) is 11.4 Å². The summed E-state index contributed by atoms with van der Waals surface area (Å²) in [6.07, 6.45) is 4.02. The Bertz CT molecular complexity index is 561. The molecule has 1 aliphatic carbocycles. The first-order valence-corrected chi connectivity index (χ1v) is 9.47. The standard InChI is InChI=1S/C13H18BrClN2O2S/c14-12-6-3-10(15)9-13(12)17-20(18,19)8-2-1-7-16-11-4-5-11/h3,6,9,11,16-17H,1-2,4-5,7-8H2. The highest BCUT2D eigenvalue weighted by Crippen LogP contribution is 2.26. The zero-order valence-electron chi connectivity index (χ0n) is 11.0. The average molecular weight is 382 g/mol. The maximum absolute atomic E-state index is 12.0. The largest absolute Gasteiger partial charge is 0.314 e. The molecule has 112 valence electrons. The van der Waals surface area contributed by atoms with Gasteiger partial charge >= 0.3 is 0 Å². The van der Waals surface area contributed by atoms with Gasteiger partial charge < -0.3 is 5.32 Å². The Morgan fingerprint density at radius 3 is 2.75 bits per heavy atom. The summed E-state index contributed by atoms with van der Waals surface area (Å²) >= 11 is 9.17. The van der Waals surface area contributed by atoms with Gasteiger partial charge in [0.1, 0.15) is 0 Å². The minimum Gasteiger partial charge on any atom is -0.314 e. The molecule has 4 nitrogen and oxygen atoms in total. The third kappa shape index (κ3) is 5.60. The topological polar surface area (TPSA) is 58.2 Å². The van der Waals surface area contributed by atoms with Gasteiger partial charge in [0, 0.05) is 15.5 Å². The third-order valence-corrected chi connectivity index (χ3v) is 5.33. The van der Waals surface area contributed by atoms with Crippen molar-refractivity contribution in [1.82, 2.24) is 5.32 Å². The van der Waals surface area contributed by atoms with E-state index in [2.05, 4.69) is 26.0 Å². The Balaban J connectivity index is 1.78. The van der Waals surface area contributed by atoms with Crippen molar-refractivity contribution in [2.45, 2.75) is 31.7 Å². The van der Waals surface area contributed by atoms with Crippen LogP contribution in [0.1, 0.15) is 25.7 Å². The first-order chi connectivity index (χ1) is 9.46. The summed E-state index contributed by atoms with van der Waals surface area (Å²) in [7, 11) is -3.33. The molecule has 1 saturated carbocycles. The van der Waals surface area contributed by atoms with Crippen molar-refractivity contribution in [1.29, 1.82) is 0 Å². The highest BCUT2D eigenvalue weighted by atomic mass is 79.9. The number of hydrogen-bond donors (Lipinski definition) is 2. The average Bonchev–Trinajstić information content (AvgIpc) is 3.17. The summed E-state index contributed by atoms with van der Waals surface area (Å²) < 4.78 is 27.2. The van der Waals surface area contributed by atoms with Gasteiger partial charge in [-0.2, -0.15) is 0 Å². The fourth-order valence-electron chi connectivity index (χ4n) is 1.80. The molecule has 0 saturated heterocycles. The molecule has 0 radical (unpaired) electrons.